The molecule has 0 aliphatic carbocycles. The molecule has 2 heterocycles. The van der Waals surface area contributed by atoms with E-state index in [2.05, 4.69) is 17.1 Å². The van der Waals surface area contributed by atoms with E-state index in [9.17, 15) is 4.79 Å². The summed E-state index contributed by atoms with van der Waals surface area (Å²) in [5.41, 5.74) is 2.27. The molecule has 2 rings (SSSR count). The molecule has 1 N–H and O–H groups in total. The highest BCUT2D eigenvalue weighted by atomic mass is 16.2. The molecule has 1 amide bonds. The first-order valence-electron chi connectivity index (χ1n) is 5.94. The van der Waals surface area contributed by atoms with Crippen LogP contribution < -0.4 is 5.32 Å². The minimum absolute atomic E-state index is 0.274. The largest absolute Gasteiger partial charge is 0.336 e. The molecule has 3 nitrogen and oxygen atoms in total. The molecule has 0 aromatic carbocycles. The van der Waals surface area contributed by atoms with Gasteiger partial charge in [0.15, 0.2) is 0 Å². The van der Waals surface area contributed by atoms with E-state index in [4.69, 9.17) is 0 Å². The number of hydrogen-bond acceptors (Lipinski definition) is 2. The van der Waals surface area contributed by atoms with Gasteiger partial charge in [-0.3, -0.25) is 4.79 Å². The second kappa shape index (κ2) is 4.35. The third kappa shape index (κ3) is 1.93. The van der Waals surface area contributed by atoms with Gasteiger partial charge in [0.2, 0.25) is 5.91 Å². The van der Waals surface area contributed by atoms with Gasteiger partial charge < -0.3 is 10.2 Å². The highest BCUT2D eigenvalue weighted by Crippen LogP contribution is 2.23. The Hall–Kier alpha value is -0.830. The first-order valence-corrected chi connectivity index (χ1v) is 5.94. The monoisotopic (exact) mass is 208 g/mol. The molecular weight excluding hydrogens is 188 g/mol. The molecule has 2 saturated heterocycles. The first-order chi connectivity index (χ1) is 7.24. The maximum absolute atomic E-state index is 12.2. The van der Waals surface area contributed by atoms with E-state index in [1.165, 1.54) is 18.4 Å². The molecular formula is C12H20N2O. The summed E-state index contributed by atoms with van der Waals surface area (Å²) < 4.78 is 0. The number of nitrogens with one attached hydrogen (secondary N) is 1. The SMILES string of the molecule is CCC1CCCN1C(=O)C(C)=C1CNC1. The second-order valence-corrected chi connectivity index (χ2v) is 4.53. The van der Waals surface area contributed by atoms with Gasteiger partial charge in [0.05, 0.1) is 0 Å². The Labute approximate surface area is 91.5 Å². The van der Waals surface area contributed by atoms with Crippen LogP contribution in [0.25, 0.3) is 0 Å². The van der Waals surface area contributed by atoms with E-state index in [1.54, 1.807) is 0 Å². The maximum Gasteiger partial charge on any atom is 0.249 e. The van der Waals surface area contributed by atoms with E-state index >= 15 is 0 Å². The highest BCUT2D eigenvalue weighted by Gasteiger charge is 2.29. The molecule has 0 bridgehead atoms. The smallest absolute Gasteiger partial charge is 0.249 e. The Morgan fingerprint density at radius 3 is 2.80 bits per heavy atom. The van der Waals surface area contributed by atoms with Crippen LogP contribution in [-0.4, -0.2) is 36.5 Å². The van der Waals surface area contributed by atoms with Crippen molar-refractivity contribution in [2.45, 2.75) is 39.2 Å². The van der Waals surface area contributed by atoms with Gasteiger partial charge in [0.1, 0.15) is 0 Å². The molecule has 1 unspecified atom stereocenters. The molecule has 84 valence electrons. The molecule has 2 aliphatic heterocycles. The summed E-state index contributed by atoms with van der Waals surface area (Å²) in [5.74, 6) is 0.274. The zero-order valence-electron chi connectivity index (χ0n) is 9.68. The molecule has 2 aliphatic rings. The summed E-state index contributed by atoms with van der Waals surface area (Å²) in [6, 6.07) is 0.487. The number of amides is 1. The summed E-state index contributed by atoms with van der Waals surface area (Å²) >= 11 is 0. The van der Waals surface area contributed by atoms with Gasteiger partial charge in [0.25, 0.3) is 0 Å². The Balaban J connectivity index is 2.06. The average molecular weight is 208 g/mol. The van der Waals surface area contributed by atoms with Crippen molar-refractivity contribution in [3.05, 3.63) is 11.1 Å². The zero-order valence-corrected chi connectivity index (χ0v) is 9.68. The van der Waals surface area contributed by atoms with Gasteiger partial charge in [-0.25, -0.2) is 0 Å². The number of rotatable bonds is 2. The van der Waals surface area contributed by atoms with Crippen molar-refractivity contribution in [1.29, 1.82) is 0 Å². The lowest BCUT2D eigenvalue weighted by Crippen LogP contribution is -2.40. The van der Waals surface area contributed by atoms with Gasteiger partial charge in [-0.1, -0.05) is 6.92 Å². The predicted octanol–water partition coefficient (Wildman–Crippen LogP) is 1.31. The van der Waals surface area contributed by atoms with E-state index in [1.807, 2.05) is 6.92 Å². The molecule has 0 aromatic rings. The van der Waals surface area contributed by atoms with Gasteiger partial charge in [-0.05, 0) is 31.8 Å². The molecule has 3 heteroatoms. The van der Waals surface area contributed by atoms with Crippen molar-refractivity contribution >= 4 is 5.91 Å². The summed E-state index contributed by atoms with van der Waals surface area (Å²) in [4.78, 5) is 14.3. The van der Waals surface area contributed by atoms with Crippen LogP contribution in [0.4, 0.5) is 0 Å². The molecule has 2 fully saturated rings. The molecule has 0 radical (unpaired) electrons. The minimum Gasteiger partial charge on any atom is -0.336 e. The Bertz CT molecular complexity index is 290. The molecule has 0 saturated carbocycles. The average Bonchev–Trinajstić information content (AvgIpc) is 2.61. The molecule has 0 aromatic heterocycles. The fraction of sp³-hybridized carbons (Fsp3) is 0.750. The Morgan fingerprint density at radius 1 is 1.53 bits per heavy atom. The topological polar surface area (TPSA) is 32.3 Å². The predicted molar refractivity (Wildman–Crippen MR) is 60.6 cm³/mol. The van der Waals surface area contributed by atoms with Gasteiger partial charge in [-0.2, -0.15) is 0 Å². The molecule has 0 spiro atoms. The fourth-order valence-electron chi connectivity index (χ4n) is 2.41. The van der Waals surface area contributed by atoms with Crippen molar-refractivity contribution < 1.29 is 4.79 Å². The van der Waals surface area contributed by atoms with Crippen LogP contribution in [0.15, 0.2) is 11.1 Å². The van der Waals surface area contributed by atoms with Crippen LogP contribution >= 0.6 is 0 Å². The summed E-state index contributed by atoms with van der Waals surface area (Å²) in [6.45, 7) is 6.91. The van der Waals surface area contributed by atoms with E-state index in [0.717, 1.165) is 31.6 Å². The normalized spacial score (nSPS) is 25.3. The van der Waals surface area contributed by atoms with Crippen molar-refractivity contribution in [1.82, 2.24) is 10.2 Å². The second-order valence-electron chi connectivity index (χ2n) is 4.53. The number of likely N-dealkylation sites (tertiary alicyclic amines) is 1. The maximum atomic E-state index is 12.2. The first kappa shape index (κ1) is 10.7. The standard InChI is InChI=1S/C12H20N2O/c1-3-11-5-4-6-14(11)12(15)9(2)10-7-13-8-10/h11,13H,3-8H2,1-2H3. The molecule has 15 heavy (non-hydrogen) atoms. The summed E-state index contributed by atoms with van der Waals surface area (Å²) in [6.07, 6.45) is 3.45. The van der Waals surface area contributed by atoms with Crippen LogP contribution in [0.2, 0.25) is 0 Å². The molecule has 1 atom stereocenters. The van der Waals surface area contributed by atoms with Crippen LogP contribution in [0.1, 0.15) is 33.1 Å². The van der Waals surface area contributed by atoms with Crippen molar-refractivity contribution in [3.63, 3.8) is 0 Å². The Morgan fingerprint density at radius 2 is 2.27 bits per heavy atom. The van der Waals surface area contributed by atoms with Crippen molar-refractivity contribution in [2.75, 3.05) is 19.6 Å². The minimum atomic E-state index is 0.274. The Kier molecular flexibility index (Phi) is 3.10. The van der Waals surface area contributed by atoms with Gasteiger partial charge in [0, 0.05) is 31.2 Å². The van der Waals surface area contributed by atoms with Gasteiger partial charge in [-0.15, -0.1) is 0 Å². The van der Waals surface area contributed by atoms with E-state index in [0.29, 0.717) is 6.04 Å². The lowest BCUT2D eigenvalue weighted by Gasteiger charge is -2.27. The lowest BCUT2D eigenvalue weighted by atomic mass is 10.0. The lowest BCUT2D eigenvalue weighted by molar-refractivity contribution is -0.128. The van der Waals surface area contributed by atoms with Crippen molar-refractivity contribution in [3.8, 4) is 0 Å². The van der Waals surface area contributed by atoms with E-state index < -0.39 is 0 Å². The van der Waals surface area contributed by atoms with Crippen molar-refractivity contribution in [2.24, 2.45) is 0 Å². The van der Waals surface area contributed by atoms with Crippen LogP contribution in [-0.2, 0) is 4.79 Å². The number of nitrogens with zero attached hydrogens (tertiary/aromatic N) is 1. The number of carbonyl (C=O) groups excluding carboxylic acids is 1. The van der Waals surface area contributed by atoms with Crippen LogP contribution in [0.5, 0.6) is 0 Å². The summed E-state index contributed by atoms with van der Waals surface area (Å²) in [7, 11) is 0. The quantitative estimate of drug-likeness (QED) is 0.694. The third-order valence-corrected chi connectivity index (χ3v) is 3.64. The highest BCUT2D eigenvalue weighted by molar-refractivity contribution is 5.94. The fourth-order valence-corrected chi connectivity index (χ4v) is 2.41. The third-order valence-electron chi connectivity index (χ3n) is 3.64. The van der Waals surface area contributed by atoms with E-state index in [-0.39, 0.29) is 5.91 Å². The van der Waals surface area contributed by atoms with Crippen LogP contribution in [0.3, 0.4) is 0 Å². The number of carbonyl (C=O) groups is 1. The zero-order chi connectivity index (χ0) is 10.8. The summed E-state index contributed by atoms with van der Waals surface area (Å²) in [5, 5.41) is 3.18. The van der Waals surface area contributed by atoms with Gasteiger partial charge >= 0.3 is 0 Å². The number of hydrogen-bond donors (Lipinski definition) is 1. The van der Waals surface area contributed by atoms with Crippen LogP contribution in [0, 0.1) is 0 Å².